The summed E-state index contributed by atoms with van der Waals surface area (Å²) in [7, 11) is 1.87. The van der Waals surface area contributed by atoms with Gasteiger partial charge in [0.2, 0.25) is 5.91 Å². The van der Waals surface area contributed by atoms with Gasteiger partial charge in [-0.2, -0.15) is 5.10 Å². The molecular formula is C12H20N4O. The molecule has 1 aliphatic rings. The number of carbonyl (C=O) groups excluding carboxylic acids is 1. The molecule has 1 aliphatic heterocycles. The second kappa shape index (κ2) is 5.31. The van der Waals surface area contributed by atoms with Gasteiger partial charge in [-0.15, -0.1) is 0 Å². The largest absolute Gasteiger partial charge is 0.349 e. The van der Waals surface area contributed by atoms with Crippen LogP contribution in [-0.2, 0) is 18.4 Å². The van der Waals surface area contributed by atoms with Crippen molar-refractivity contribution in [1.82, 2.24) is 20.4 Å². The summed E-state index contributed by atoms with van der Waals surface area (Å²) in [5.41, 5.74) is 0.893. The second-order valence-corrected chi connectivity index (χ2v) is 4.75. The SMILES string of the molecule is CC1CCCC(C(=O)NCc2ccn(C)n2)N1. The molecule has 1 amide bonds. The quantitative estimate of drug-likeness (QED) is 0.806. The van der Waals surface area contributed by atoms with Crippen LogP contribution in [0, 0.1) is 0 Å². The van der Waals surface area contributed by atoms with Crippen molar-refractivity contribution >= 4 is 5.91 Å². The molecule has 94 valence electrons. The van der Waals surface area contributed by atoms with E-state index in [0.29, 0.717) is 12.6 Å². The second-order valence-electron chi connectivity index (χ2n) is 4.75. The maximum Gasteiger partial charge on any atom is 0.237 e. The zero-order valence-corrected chi connectivity index (χ0v) is 10.4. The molecule has 0 aliphatic carbocycles. The molecule has 2 unspecified atom stereocenters. The molecule has 0 bridgehead atoms. The Balaban J connectivity index is 1.80. The Morgan fingerprint density at radius 3 is 3.12 bits per heavy atom. The molecule has 17 heavy (non-hydrogen) atoms. The van der Waals surface area contributed by atoms with Gasteiger partial charge in [-0.1, -0.05) is 0 Å². The van der Waals surface area contributed by atoms with Crippen LogP contribution in [0.4, 0.5) is 0 Å². The molecule has 1 saturated heterocycles. The third-order valence-electron chi connectivity index (χ3n) is 3.14. The summed E-state index contributed by atoms with van der Waals surface area (Å²) in [6.07, 6.45) is 5.08. The highest BCUT2D eigenvalue weighted by atomic mass is 16.2. The highest BCUT2D eigenvalue weighted by Crippen LogP contribution is 2.12. The summed E-state index contributed by atoms with van der Waals surface area (Å²) in [6.45, 7) is 2.63. The lowest BCUT2D eigenvalue weighted by Crippen LogP contribution is -2.49. The predicted molar refractivity (Wildman–Crippen MR) is 65.3 cm³/mol. The maximum absolute atomic E-state index is 11.9. The summed E-state index contributed by atoms with van der Waals surface area (Å²) in [5.74, 6) is 0.0854. The Morgan fingerprint density at radius 2 is 2.47 bits per heavy atom. The Labute approximate surface area is 102 Å². The topological polar surface area (TPSA) is 59.0 Å². The van der Waals surface area contributed by atoms with Crippen molar-refractivity contribution < 1.29 is 4.79 Å². The molecule has 0 radical (unpaired) electrons. The average Bonchev–Trinajstić information content (AvgIpc) is 2.72. The van der Waals surface area contributed by atoms with Gasteiger partial charge < -0.3 is 10.6 Å². The monoisotopic (exact) mass is 236 g/mol. The standard InChI is InChI=1S/C12H20N4O/c1-9-4-3-5-11(14-9)12(17)13-8-10-6-7-16(2)15-10/h6-7,9,11,14H,3-5,8H2,1-2H3,(H,13,17). The summed E-state index contributed by atoms with van der Waals surface area (Å²) >= 11 is 0. The van der Waals surface area contributed by atoms with Crippen LogP contribution in [-0.4, -0.2) is 27.8 Å². The summed E-state index contributed by atoms with van der Waals surface area (Å²) in [5, 5.41) is 10.5. The van der Waals surface area contributed by atoms with Crippen molar-refractivity contribution in [1.29, 1.82) is 0 Å². The van der Waals surface area contributed by atoms with Crippen molar-refractivity contribution in [3.8, 4) is 0 Å². The van der Waals surface area contributed by atoms with Crippen molar-refractivity contribution in [2.24, 2.45) is 7.05 Å². The highest BCUT2D eigenvalue weighted by Gasteiger charge is 2.23. The van der Waals surface area contributed by atoms with Crippen LogP contribution < -0.4 is 10.6 Å². The molecule has 0 spiro atoms. The minimum atomic E-state index is -0.0394. The van der Waals surface area contributed by atoms with Crippen molar-refractivity contribution in [2.75, 3.05) is 0 Å². The van der Waals surface area contributed by atoms with Gasteiger partial charge in [-0.3, -0.25) is 9.48 Å². The lowest BCUT2D eigenvalue weighted by Gasteiger charge is -2.27. The number of rotatable bonds is 3. The van der Waals surface area contributed by atoms with Crippen LogP contribution in [0.25, 0.3) is 0 Å². The van der Waals surface area contributed by atoms with E-state index in [2.05, 4.69) is 22.7 Å². The van der Waals surface area contributed by atoms with E-state index >= 15 is 0 Å². The molecule has 1 fully saturated rings. The first-order valence-corrected chi connectivity index (χ1v) is 6.17. The molecule has 5 heteroatoms. The first kappa shape index (κ1) is 12.1. The van der Waals surface area contributed by atoms with Crippen LogP contribution in [0.5, 0.6) is 0 Å². The molecular weight excluding hydrogens is 216 g/mol. The van der Waals surface area contributed by atoms with Crippen molar-refractivity contribution in [3.05, 3.63) is 18.0 Å². The Kier molecular flexibility index (Phi) is 3.78. The minimum absolute atomic E-state index is 0.0394. The number of nitrogens with one attached hydrogen (secondary N) is 2. The van der Waals surface area contributed by atoms with Crippen LogP contribution in [0.2, 0.25) is 0 Å². The van der Waals surface area contributed by atoms with Gasteiger partial charge in [0.15, 0.2) is 0 Å². The molecule has 0 saturated carbocycles. The van der Waals surface area contributed by atoms with E-state index in [1.54, 1.807) is 4.68 Å². The van der Waals surface area contributed by atoms with Gasteiger partial charge in [-0.05, 0) is 32.3 Å². The normalized spacial score (nSPS) is 24.6. The van der Waals surface area contributed by atoms with Crippen molar-refractivity contribution in [3.63, 3.8) is 0 Å². The fourth-order valence-corrected chi connectivity index (χ4v) is 2.20. The molecule has 5 nitrogen and oxygen atoms in total. The molecule has 1 aromatic heterocycles. The predicted octanol–water partition coefficient (Wildman–Crippen LogP) is 0.567. The third-order valence-corrected chi connectivity index (χ3v) is 3.14. The molecule has 2 N–H and O–H groups in total. The van der Waals surface area contributed by atoms with E-state index < -0.39 is 0 Å². The first-order chi connectivity index (χ1) is 8.15. The molecule has 2 heterocycles. The first-order valence-electron chi connectivity index (χ1n) is 6.17. The number of hydrogen-bond acceptors (Lipinski definition) is 3. The molecule has 1 aromatic rings. The van der Waals surface area contributed by atoms with E-state index in [-0.39, 0.29) is 11.9 Å². The number of aryl methyl sites for hydroxylation is 1. The fraction of sp³-hybridized carbons (Fsp3) is 0.667. The smallest absolute Gasteiger partial charge is 0.237 e. The van der Waals surface area contributed by atoms with E-state index in [1.807, 2.05) is 19.3 Å². The minimum Gasteiger partial charge on any atom is -0.349 e. The molecule has 0 aromatic carbocycles. The third kappa shape index (κ3) is 3.30. The Bertz CT molecular complexity index is 388. The van der Waals surface area contributed by atoms with Crippen LogP contribution in [0.3, 0.4) is 0 Å². The molecule has 2 rings (SSSR count). The lowest BCUT2D eigenvalue weighted by atomic mass is 9.99. The van der Waals surface area contributed by atoms with Crippen LogP contribution >= 0.6 is 0 Å². The van der Waals surface area contributed by atoms with Gasteiger partial charge in [0.1, 0.15) is 0 Å². The summed E-state index contributed by atoms with van der Waals surface area (Å²) < 4.78 is 1.74. The summed E-state index contributed by atoms with van der Waals surface area (Å²) in [4.78, 5) is 11.9. The van der Waals surface area contributed by atoms with E-state index in [4.69, 9.17) is 0 Å². The van der Waals surface area contributed by atoms with Crippen LogP contribution in [0.1, 0.15) is 31.9 Å². The molecule has 2 atom stereocenters. The number of nitrogens with zero attached hydrogens (tertiary/aromatic N) is 2. The summed E-state index contributed by atoms with van der Waals surface area (Å²) in [6, 6.07) is 2.31. The highest BCUT2D eigenvalue weighted by molar-refractivity contribution is 5.81. The number of aromatic nitrogens is 2. The maximum atomic E-state index is 11.9. The van der Waals surface area contributed by atoms with Crippen molar-refractivity contribution in [2.45, 2.75) is 44.8 Å². The number of hydrogen-bond donors (Lipinski definition) is 2. The van der Waals surface area contributed by atoms with E-state index in [1.165, 1.54) is 0 Å². The van der Waals surface area contributed by atoms with E-state index in [0.717, 1.165) is 25.0 Å². The Hall–Kier alpha value is -1.36. The average molecular weight is 236 g/mol. The van der Waals surface area contributed by atoms with Gasteiger partial charge in [0.05, 0.1) is 18.3 Å². The van der Waals surface area contributed by atoms with Gasteiger partial charge >= 0.3 is 0 Å². The van der Waals surface area contributed by atoms with Crippen LogP contribution in [0.15, 0.2) is 12.3 Å². The van der Waals surface area contributed by atoms with E-state index in [9.17, 15) is 4.79 Å². The fourth-order valence-electron chi connectivity index (χ4n) is 2.20. The zero-order valence-electron chi connectivity index (χ0n) is 10.4. The lowest BCUT2D eigenvalue weighted by molar-refractivity contribution is -0.124. The zero-order chi connectivity index (χ0) is 12.3. The number of carbonyl (C=O) groups is 1. The number of piperidine rings is 1. The van der Waals surface area contributed by atoms with Gasteiger partial charge in [-0.25, -0.2) is 0 Å². The Morgan fingerprint density at radius 1 is 1.65 bits per heavy atom. The van der Waals surface area contributed by atoms with Gasteiger partial charge in [0.25, 0.3) is 0 Å². The van der Waals surface area contributed by atoms with Gasteiger partial charge in [0, 0.05) is 19.3 Å². The number of amides is 1.